The lowest BCUT2D eigenvalue weighted by molar-refractivity contribution is 0.00727. The summed E-state index contributed by atoms with van der Waals surface area (Å²) < 4.78 is 10.9. The van der Waals surface area contributed by atoms with E-state index < -0.39 is 5.60 Å². The van der Waals surface area contributed by atoms with Crippen LogP contribution in [0.4, 0.5) is 4.79 Å². The average molecular weight is 282 g/mol. The maximum Gasteiger partial charge on any atom is 0.410 e. The topological polar surface area (TPSA) is 42.0 Å². The smallest absolute Gasteiger partial charge is 0.410 e. The Morgan fingerprint density at radius 2 is 1.95 bits per heavy atom. The van der Waals surface area contributed by atoms with Crippen LogP contribution < -0.4 is 0 Å². The van der Waals surface area contributed by atoms with Gasteiger partial charge in [-0.25, -0.2) is 4.79 Å². The Kier molecular flexibility index (Phi) is 3.45. The normalized spacial score (nSPS) is 34.0. The number of fused-ring (bicyclic) bond motifs is 1. The van der Waals surface area contributed by atoms with Gasteiger partial charge in [-0.15, -0.1) is 0 Å². The van der Waals surface area contributed by atoms with Gasteiger partial charge in [-0.2, -0.15) is 0 Å². The van der Waals surface area contributed by atoms with E-state index in [1.165, 1.54) is 0 Å². The highest BCUT2D eigenvalue weighted by Crippen LogP contribution is 2.52. The second-order valence-electron chi connectivity index (χ2n) is 7.56. The van der Waals surface area contributed by atoms with Gasteiger partial charge in [0.1, 0.15) is 5.60 Å². The molecule has 114 valence electrons. The third-order valence-corrected chi connectivity index (χ3v) is 4.57. The van der Waals surface area contributed by atoms with Crippen LogP contribution in [0.2, 0.25) is 0 Å². The van der Waals surface area contributed by atoms with Crippen LogP contribution in [0.25, 0.3) is 0 Å². The van der Waals surface area contributed by atoms with Crippen molar-refractivity contribution < 1.29 is 14.3 Å². The number of nitrogens with zero attached hydrogens (tertiary/aromatic N) is 2. The molecule has 4 fully saturated rings. The van der Waals surface area contributed by atoms with Gasteiger partial charge in [-0.1, -0.05) is 0 Å². The molecule has 4 rings (SSSR count). The lowest BCUT2D eigenvalue weighted by Gasteiger charge is -2.41. The first kappa shape index (κ1) is 14.1. The maximum atomic E-state index is 12.2. The van der Waals surface area contributed by atoms with Crippen molar-refractivity contribution in [3.63, 3.8) is 0 Å². The Morgan fingerprint density at radius 3 is 2.55 bits per heavy atom. The summed E-state index contributed by atoms with van der Waals surface area (Å²) in [7, 11) is 0. The van der Waals surface area contributed by atoms with E-state index in [2.05, 4.69) is 4.90 Å². The molecule has 1 aliphatic carbocycles. The van der Waals surface area contributed by atoms with Crippen molar-refractivity contribution in [1.82, 2.24) is 9.80 Å². The third kappa shape index (κ3) is 2.79. The summed E-state index contributed by atoms with van der Waals surface area (Å²) in [4.78, 5) is 16.6. The molecular formula is C15H26N2O3. The van der Waals surface area contributed by atoms with Gasteiger partial charge in [0.25, 0.3) is 0 Å². The van der Waals surface area contributed by atoms with Crippen molar-refractivity contribution in [1.29, 1.82) is 0 Å². The lowest BCUT2D eigenvalue weighted by Crippen LogP contribution is -2.47. The molecule has 3 aliphatic heterocycles. The summed E-state index contributed by atoms with van der Waals surface area (Å²) in [5.74, 6) is 0. The van der Waals surface area contributed by atoms with Crippen LogP contribution in [0.1, 0.15) is 33.6 Å². The van der Waals surface area contributed by atoms with Crippen LogP contribution >= 0.6 is 0 Å². The van der Waals surface area contributed by atoms with Gasteiger partial charge in [0.05, 0.1) is 13.2 Å². The molecule has 5 heteroatoms. The van der Waals surface area contributed by atoms with E-state index in [0.717, 1.165) is 52.2 Å². The summed E-state index contributed by atoms with van der Waals surface area (Å²) >= 11 is 0. The van der Waals surface area contributed by atoms with Crippen LogP contribution in [-0.4, -0.2) is 66.9 Å². The monoisotopic (exact) mass is 282 g/mol. The molecule has 0 spiro atoms. The van der Waals surface area contributed by atoms with Gasteiger partial charge < -0.3 is 14.4 Å². The first-order chi connectivity index (χ1) is 9.37. The zero-order valence-corrected chi connectivity index (χ0v) is 12.9. The number of hydrogen-bond acceptors (Lipinski definition) is 4. The predicted molar refractivity (Wildman–Crippen MR) is 75.7 cm³/mol. The summed E-state index contributed by atoms with van der Waals surface area (Å²) in [6.07, 6.45) is 2.15. The van der Waals surface area contributed by atoms with E-state index in [0.29, 0.717) is 11.5 Å². The Balaban J connectivity index is 1.54. The first-order valence-corrected chi connectivity index (χ1v) is 7.67. The zero-order valence-electron chi connectivity index (χ0n) is 12.9. The van der Waals surface area contributed by atoms with Crippen molar-refractivity contribution in [2.75, 3.05) is 39.4 Å². The fourth-order valence-corrected chi connectivity index (χ4v) is 3.73. The van der Waals surface area contributed by atoms with Gasteiger partial charge in [0.2, 0.25) is 0 Å². The summed E-state index contributed by atoms with van der Waals surface area (Å²) in [6.45, 7) is 11.5. The quantitative estimate of drug-likeness (QED) is 0.773. The fraction of sp³-hybridized carbons (Fsp3) is 0.933. The largest absolute Gasteiger partial charge is 0.444 e. The number of amides is 1. The highest BCUT2D eigenvalue weighted by atomic mass is 16.6. The molecular weight excluding hydrogens is 256 g/mol. The molecule has 5 nitrogen and oxygen atoms in total. The van der Waals surface area contributed by atoms with E-state index >= 15 is 0 Å². The Labute approximate surface area is 121 Å². The van der Waals surface area contributed by atoms with Crippen LogP contribution in [-0.2, 0) is 9.47 Å². The summed E-state index contributed by atoms with van der Waals surface area (Å²) in [6, 6.07) is 0.408. The predicted octanol–water partition coefficient (Wildman–Crippen LogP) is 1.72. The van der Waals surface area contributed by atoms with E-state index in [-0.39, 0.29) is 6.09 Å². The number of hydrogen-bond donors (Lipinski definition) is 0. The SMILES string of the molecule is CC(C)(C)OC(=O)N1CC2(CN3CCOCC3)CC1C2. The molecule has 3 heterocycles. The van der Waals surface area contributed by atoms with Gasteiger partial charge in [-0.05, 0) is 33.6 Å². The van der Waals surface area contributed by atoms with Crippen molar-refractivity contribution in [3.05, 3.63) is 0 Å². The van der Waals surface area contributed by atoms with Crippen molar-refractivity contribution >= 4 is 6.09 Å². The Morgan fingerprint density at radius 1 is 1.30 bits per heavy atom. The minimum Gasteiger partial charge on any atom is -0.444 e. The highest BCUT2D eigenvalue weighted by Gasteiger charge is 2.57. The van der Waals surface area contributed by atoms with Crippen LogP contribution in [0, 0.1) is 5.41 Å². The minimum atomic E-state index is -0.401. The van der Waals surface area contributed by atoms with E-state index in [9.17, 15) is 4.79 Å². The van der Waals surface area contributed by atoms with Crippen LogP contribution in [0.5, 0.6) is 0 Å². The van der Waals surface area contributed by atoms with E-state index in [1.807, 2.05) is 25.7 Å². The molecule has 1 saturated carbocycles. The number of ether oxygens (including phenoxy) is 2. The molecule has 0 radical (unpaired) electrons. The zero-order chi connectivity index (χ0) is 14.4. The van der Waals surface area contributed by atoms with Crippen molar-refractivity contribution in [3.8, 4) is 0 Å². The molecule has 0 aromatic rings. The van der Waals surface area contributed by atoms with Gasteiger partial charge >= 0.3 is 6.09 Å². The van der Waals surface area contributed by atoms with Gasteiger partial charge in [0, 0.05) is 37.6 Å². The average Bonchev–Trinajstić information content (AvgIpc) is 2.83. The second kappa shape index (κ2) is 4.88. The number of rotatable bonds is 2. The molecule has 1 amide bonds. The molecule has 0 aromatic carbocycles. The maximum absolute atomic E-state index is 12.2. The minimum absolute atomic E-state index is 0.135. The molecule has 20 heavy (non-hydrogen) atoms. The molecule has 0 atom stereocenters. The molecule has 0 unspecified atom stereocenters. The van der Waals surface area contributed by atoms with E-state index in [4.69, 9.17) is 9.47 Å². The molecule has 3 saturated heterocycles. The Hall–Kier alpha value is -0.810. The lowest BCUT2D eigenvalue weighted by atomic mass is 9.70. The summed E-state index contributed by atoms with van der Waals surface area (Å²) in [5, 5.41) is 0. The molecule has 0 aromatic heterocycles. The second-order valence-corrected chi connectivity index (χ2v) is 7.56. The van der Waals surface area contributed by atoms with Crippen LogP contribution in [0.3, 0.4) is 0 Å². The number of carbonyl (C=O) groups is 1. The van der Waals surface area contributed by atoms with Gasteiger partial charge in [-0.3, -0.25) is 4.90 Å². The molecule has 0 N–H and O–H groups in total. The van der Waals surface area contributed by atoms with Crippen molar-refractivity contribution in [2.24, 2.45) is 5.41 Å². The molecule has 2 bridgehead atoms. The number of carbonyl (C=O) groups excluding carboxylic acids is 1. The summed E-state index contributed by atoms with van der Waals surface area (Å²) in [5.41, 5.74) is -0.0830. The number of morpholine rings is 1. The highest BCUT2D eigenvalue weighted by molar-refractivity contribution is 5.70. The molecule has 4 aliphatic rings. The third-order valence-electron chi connectivity index (χ3n) is 4.57. The first-order valence-electron chi connectivity index (χ1n) is 7.67. The standard InChI is InChI=1S/C15H26N2O3/c1-14(2,3)20-13(18)17-11-15(8-12(17)9-15)10-16-4-6-19-7-5-16/h12H,4-11H2,1-3H3. The van der Waals surface area contributed by atoms with Crippen LogP contribution in [0.15, 0.2) is 0 Å². The van der Waals surface area contributed by atoms with Gasteiger partial charge in [0.15, 0.2) is 0 Å². The Bertz CT molecular complexity index is 379. The van der Waals surface area contributed by atoms with Crippen molar-refractivity contribution in [2.45, 2.75) is 45.3 Å². The fourth-order valence-electron chi connectivity index (χ4n) is 3.73. The van der Waals surface area contributed by atoms with E-state index in [1.54, 1.807) is 0 Å².